The SMILES string of the molecule is CC(C)O[CH][SiH3]. The van der Waals surface area contributed by atoms with Crippen molar-refractivity contribution in [2.75, 3.05) is 0 Å². The van der Waals surface area contributed by atoms with Gasteiger partial charge in [-0.1, -0.05) is 0 Å². The highest BCUT2D eigenvalue weighted by Gasteiger charge is 1.84. The molecule has 0 unspecified atom stereocenters. The van der Waals surface area contributed by atoms with Crippen molar-refractivity contribution >= 4 is 10.2 Å². The van der Waals surface area contributed by atoms with Crippen molar-refractivity contribution < 1.29 is 4.74 Å². The van der Waals surface area contributed by atoms with Gasteiger partial charge in [-0.05, 0) is 13.8 Å². The maximum atomic E-state index is 4.98. The van der Waals surface area contributed by atoms with Crippen LogP contribution in [0.1, 0.15) is 13.8 Å². The summed E-state index contributed by atoms with van der Waals surface area (Å²) < 4.78 is 4.98. The molecule has 0 fully saturated rings. The fourth-order valence-corrected chi connectivity index (χ4v) is 0.816. The smallest absolute Gasteiger partial charge is 0.0604 e. The minimum atomic E-state index is 0.377. The Kier molecular flexibility index (Phi) is 3.47. The Morgan fingerprint density at radius 3 is 2.17 bits per heavy atom. The van der Waals surface area contributed by atoms with Gasteiger partial charge in [0.2, 0.25) is 0 Å². The lowest BCUT2D eigenvalue weighted by molar-refractivity contribution is 0.160. The van der Waals surface area contributed by atoms with E-state index in [0.29, 0.717) is 6.10 Å². The first-order chi connectivity index (χ1) is 2.77. The summed E-state index contributed by atoms with van der Waals surface area (Å²) in [5.41, 5.74) is 0. The van der Waals surface area contributed by atoms with Crippen molar-refractivity contribution in [2.24, 2.45) is 0 Å². The fourth-order valence-electron chi connectivity index (χ4n) is 0.272. The first-order valence-corrected chi connectivity index (χ1v) is 3.36. The zero-order chi connectivity index (χ0) is 4.99. The van der Waals surface area contributed by atoms with Gasteiger partial charge in [-0.3, -0.25) is 0 Å². The highest BCUT2D eigenvalue weighted by atomic mass is 28.1. The third kappa shape index (κ3) is 4.18. The highest BCUT2D eigenvalue weighted by molar-refractivity contribution is 6.13. The van der Waals surface area contributed by atoms with Crippen molar-refractivity contribution in [3.8, 4) is 0 Å². The summed E-state index contributed by atoms with van der Waals surface area (Å²) in [6.45, 7) is 4.04. The van der Waals surface area contributed by atoms with Gasteiger partial charge >= 0.3 is 0 Å². The fraction of sp³-hybridized carbons (Fsp3) is 0.750. The average molecular weight is 103 g/mol. The van der Waals surface area contributed by atoms with Crippen molar-refractivity contribution in [1.82, 2.24) is 0 Å². The van der Waals surface area contributed by atoms with Crippen molar-refractivity contribution in [1.29, 1.82) is 0 Å². The normalized spacial score (nSPS) is 10.5. The van der Waals surface area contributed by atoms with Crippen LogP contribution in [0.5, 0.6) is 0 Å². The van der Waals surface area contributed by atoms with Gasteiger partial charge in [-0.25, -0.2) is 0 Å². The lowest BCUT2D eigenvalue weighted by Crippen LogP contribution is -1.97. The lowest BCUT2D eigenvalue weighted by atomic mass is 10.5. The maximum absolute atomic E-state index is 4.98. The van der Waals surface area contributed by atoms with E-state index in [1.807, 2.05) is 20.1 Å². The van der Waals surface area contributed by atoms with Gasteiger partial charge in [0.1, 0.15) is 0 Å². The van der Waals surface area contributed by atoms with Crippen LogP contribution in [0.25, 0.3) is 0 Å². The Morgan fingerprint density at radius 2 is 2.17 bits per heavy atom. The molecule has 0 spiro atoms. The average Bonchev–Trinajstić information content (AvgIpc) is 1.35. The van der Waals surface area contributed by atoms with Crippen LogP contribution in [-0.2, 0) is 4.74 Å². The third-order valence-corrected chi connectivity index (χ3v) is 0.680. The minimum Gasteiger partial charge on any atom is -0.378 e. The molecule has 1 nitrogen and oxygen atoms in total. The second-order valence-electron chi connectivity index (χ2n) is 1.42. The molecule has 0 aliphatic heterocycles. The second kappa shape index (κ2) is 3.37. The number of ether oxygens (including phenoxy) is 1. The van der Waals surface area contributed by atoms with E-state index in [9.17, 15) is 0 Å². The Morgan fingerprint density at radius 1 is 1.67 bits per heavy atom. The molecule has 0 N–H and O–H groups in total. The molecule has 0 heterocycles. The second-order valence-corrected chi connectivity index (χ2v) is 1.89. The Hall–Kier alpha value is 0.177. The Bertz CT molecular complexity index is 28.7. The van der Waals surface area contributed by atoms with E-state index in [1.54, 1.807) is 0 Å². The topological polar surface area (TPSA) is 9.23 Å². The molecule has 0 bridgehead atoms. The van der Waals surface area contributed by atoms with Gasteiger partial charge < -0.3 is 4.74 Å². The third-order valence-electron chi connectivity index (χ3n) is 0.408. The molecular weight excluding hydrogens is 92.1 g/mol. The van der Waals surface area contributed by atoms with E-state index >= 15 is 0 Å². The number of hydrogen-bond acceptors (Lipinski definition) is 1. The van der Waals surface area contributed by atoms with E-state index in [1.165, 1.54) is 0 Å². The molecule has 0 saturated carbocycles. The van der Waals surface area contributed by atoms with Gasteiger partial charge in [-0.15, -0.1) is 0 Å². The van der Waals surface area contributed by atoms with E-state index in [-0.39, 0.29) is 0 Å². The van der Waals surface area contributed by atoms with Crippen LogP contribution in [-0.4, -0.2) is 16.3 Å². The van der Waals surface area contributed by atoms with Crippen LogP contribution >= 0.6 is 0 Å². The molecule has 1 radical (unpaired) electrons. The summed E-state index contributed by atoms with van der Waals surface area (Å²) in [5.74, 6) is 0. The Balaban J connectivity index is 2.63. The minimum absolute atomic E-state index is 0.377. The molecule has 0 saturated heterocycles. The predicted molar refractivity (Wildman–Crippen MR) is 30.5 cm³/mol. The molecule has 0 amide bonds. The van der Waals surface area contributed by atoms with Gasteiger partial charge in [0.25, 0.3) is 0 Å². The van der Waals surface area contributed by atoms with Crippen LogP contribution in [0, 0.1) is 6.23 Å². The standard InChI is InChI=1S/C4H11OSi/c1-4(2)5-3-6/h3-4H,1-2,6H3. The Labute approximate surface area is 42.1 Å². The molecule has 0 aromatic carbocycles. The zero-order valence-electron chi connectivity index (χ0n) is 4.56. The monoisotopic (exact) mass is 103 g/mol. The van der Waals surface area contributed by atoms with Gasteiger partial charge in [-0.2, -0.15) is 0 Å². The lowest BCUT2D eigenvalue weighted by Gasteiger charge is -1.99. The van der Waals surface area contributed by atoms with Crippen molar-refractivity contribution in [3.05, 3.63) is 6.23 Å². The number of rotatable bonds is 2. The molecule has 0 rings (SSSR count). The van der Waals surface area contributed by atoms with Gasteiger partial charge in [0.15, 0.2) is 0 Å². The quantitative estimate of drug-likeness (QED) is 0.443. The first-order valence-electron chi connectivity index (χ1n) is 2.20. The summed E-state index contributed by atoms with van der Waals surface area (Å²) in [7, 11) is 1.04. The molecule has 0 atom stereocenters. The first kappa shape index (κ1) is 6.18. The predicted octanol–water partition coefficient (Wildman–Crippen LogP) is -0.104. The maximum Gasteiger partial charge on any atom is 0.0604 e. The van der Waals surface area contributed by atoms with Crippen LogP contribution in [0.3, 0.4) is 0 Å². The molecule has 0 aromatic rings. The van der Waals surface area contributed by atoms with Crippen LogP contribution in [0.4, 0.5) is 0 Å². The van der Waals surface area contributed by atoms with Crippen LogP contribution < -0.4 is 0 Å². The molecule has 6 heavy (non-hydrogen) atoms. The van der Waals surface area contributed by atoms with E-state index < -0.39 is 0 Å². The summed E-state index contributed by atoms with van der Waals surface area (Å²) in [5, 5.41) is 0. The van der Waals surface area contributed by atoms with Crippen molar-refractivity contribution in [3.63, 3.8) is 0 Å². The molecule has 2 heteroatoms. The van der Waals surface area contributed by atoms with Gasteiger partial charge in [0.05, 0.1) is 12.3 Å². The molecular formula is C4H11OSi. The van der Waals surface area contributed by atoms with Crippen LogP contribution in [0.2, 0.25) is 0 Å². The summed E-state index contributed by atoms with van der Waals surface area (Å²) in [6, 6.07) is 0. The molecule has 37 valence electrons. The van der Waals surface area contributed by atoms with E-state index in [2.05, 4.69) is 0 Å². The highest BCUT2D eigenvalue weighted by Crippen LogP contribution is 1.85. The summed E-state index contributed by atoms with van der Waals surface area (Å²) in [4.78, 5) is 0. The number of hydrogen-bond donors (Lipinski definition) is 0. The molecule has 0 aliphatic rings. The zero-order valence-corrected chi connectivity index (χ0v) is 6.56. The van der Waals surface area contributed by atoms with Gasteiger partial charge in [0, 0.05) is 10.2 Å². The largest absolute Gasteiger partial charge is 0.378 e. The van der Waals surface area contributed by atoms with Crippen LogP contribution in [0.15, 0.2) is 0 Å². The molecule has 0 aliphatic carbocycles. The van der Waals surface area contributed by atoms with E-state index in [0.717, 1.165) is 10.2 Å². The van der Waals surface area contributed by atoms with E-state index in [4.69, 9.17) is 4.74 Å². The molecule has 0 aromatic heterocycles. The summed E-state index contributed by atoms with van der Waals surface area (Å²) >= 11 is 0. The van der Waals surface area contributed by atoms with Crippen molar-refractivity contribution in [2.45, 2.75) is 20.0 Å². The summed E-state index contributed by atoms with van der Waals surface area (Å²) in [6.07, 6.45) is 2.22.